The molecule has 0 saturated carbocycles. The molecule has 1 saturated heterocycles. The first kappa shape index (κ1) is 14.0. The van der Waals surface area contributed by atoms with Crippen LogP contribution in [0.3, 0.4) is 0 Å². The molecule has 0 aliphatic carbocycles. The number of carboxylic acid groups (broad SMARTS) is 1. The molecule has 0 bridgehead atoms. The number of amides is 2. The van der Waals surface area contributed by atoms with Crippen LogP contribution >= 0.6 is 0 Å². The molecule has 20 heavy (non-hydrogen) atoms. The van der Waals surface area contributed by atoms with Gasteiger partial charge in [-0.2, -0.15) is 0 Å². The Hall–Kier alpha value is -2.37. The summed E-state index contributed by atoms with van der Waals surface area (Å²) in [5.74, 6) is -2.62. The lowest BCUT2D eigenvalue weighted by atomic mass is 9.97. The number of hydrogen-bond acceptors (Lipinski definition) is 4. The van der Waals surface area contributed by atoms with Crippen LogP contribution in [-0.2, 0) is 14.4 Å². The molecule has 1 unspecified atom stereocenters. The minimum absolute atomic E-state index is 0.0351. The van der Waals surface area contributed by atoms with Crippen molar-refractivity contribution in [3.8, 4) is 0 Å². The van der Waals surface area contributed by atoms with E-state index in [9.17, 15) is 14.4 Å². The van der Waals surface area contributed by atoms with Crippen molar-refractivity contribution < 1.29 is 19.5 Å². The van der Waals surface area contributed by atoms with E-state index in [2.05, 4.69) is 0 Å². The first-order valence-electron chi connectivity index (χ1n) is 6.23. The number of benzene rings is 1. The Morgan fingerprint density at radius 2 is 1.90 bits per heavy atom. The maximum absolute atomic E-state index is 12.1. The van der Waals surface area contributed by atoms with Gasteiger partial charge in [-0.3, -0.25) is 19.3 Å². The highest BCUT2D eigenvalue weighted by molar-refractivity contribution is 6.07. The van der Waals surface area contributed by atoms with E-state index in [0.717, 1.165) is 16.2 Å². The third kappa shape index (κ3) is 2.64. The van der Waals surface area contributed by atoms with Crippen LogP contribution < -0.4 is 4.90 Å². The number of carboxylic acids is 1. The van der Waals surface area contributed by atoms with Gasteiger partial charge in [0.1, 0.15) is 6.54 Å². The average molecular weight is 276 g/mol. The summed E-state index contributed by atoms with van der Waals surface area (Å²) in [6, 6.07) is 7.34. The monoisotopic (exact) mass is 276 g/mol. The number of likely N-dealkylation sites (tertiary alicyclic amines) is 1. The van der Waals surface area contributed by atoms with Crippen LogP contribution in [-0.4, -0.2) is 48.4 Å². The Bertz CT molecular complexity index is 551. The molecule has 6 nitrogen and oxygen atoms in total. The highest BCUT2D eigenvalue weighted by Crippen LogP contribution is 2.30. The maximum atomic E-state index is 12.1. The van der Waals surface area contributed by atoms with Gasteiger partial charge in [-0.25, -0.2) is 0 Å². The van der Waals surface area contributed by atoms with E-state index in [-0.39, 0.29) is 6.42 Å². The first-order valence-corrected chi connectivity index (χ1v) is 6.23. The van der Waals surface area contributed by atoms with E-state index >= 15 is 0 Å². The molecule has 1 heterocycles. The average Bonchev–Trinajstić information content (AvgIpc) is 2.66. The summed E-state index contributed by atoms with van der Waals surface area (Å²) < 4.78 is 0. The van der Waals surface area contributed by atoms with Gasteiger partial charge in [0.2, 0.25) is 11.8 Å². The van der Waals surface area contributed by atoms with Gasteiger partial charge in [0, 0.05) is 26.2 Å². The summed E-state index contributed by atoms with van der Waals surface area (Å²) in [7, 11) is 3.82. The molecule has 106 valence electrons. The molecule has 1 aromatic rings. The van der Waals surface area contributed by atoms with E-state index in [0.29, 0.717) is 0 Å². The molecule has 1 aliphatic heterocycles. The molecular formula is C14H16N2O4. The van der Waals surface area contributed by atoms with Gasteiger partial charge in [-0.1, -0.05) is 12.1 Å². The van der Waals surface area contributed by atoms with Crippen molar-refractivity contribution in [2.45, 2.75) is 12.3 Å². The fraction of sp³-hybridized carbons (Fsp3) is 0.357. The standard InChI is InChI=1S/C14H16N2O4/c1-15(2)10-5-3-9(4-6-10)11-7-12(17)16(14(11)20)8-13(18)19/h3-6,11H,7-8H2,1-2H3,(H,18,19). The number of carbonyl (C=O) groups is 3. The largest absolute Gasteiger partial charge is 0.480 e. The third-order valence-electron chi connectivity index (χ3n) is 3.35. The molecule has 1 N–H and O–H groups in total. The normalized spacial score (nSPS) is 18.5. The quantitative estimate of drug-likeness (QED) is 0.818. The fourth-order valence-electron chi connectivity index (χ4n) is 2.25. The minimum Gasteiger partial charge on any atom is -0.480 e. The zero-order chi connectivity index (χ0) is 14.9. The lowest BCUT2D eigenvalue weighted by molar-refractivity contribution is -0.148. The van der Waals surface area contributed by atoms with E-state index in [1.54, 1.807) is 12.1 Å². The molecule has 1 aliphatic rings. The van der Waals surface area contributed by atoms with Gasteiger partial charge in [-0.05, 0) is 17.7 Å². The summed E-state index contributed by atoms with van der Waals surface area (Å²) in [4.78, 5) is 37.2. The van der Waals surface area contributed by atoms with Crippen molar-refractivity contribution in [3.63, 3.8) is 0 Å². The Balaban J connectivity index is 2.19. The molecule has 2 amide bonds. The van der Waals surface area contributed by atoms with Crippen molar-refractivity contribution in [1.29, 1.82) is 0 Å². The Morgan fingerprint density at radius 1 is 1.30 bits per heavy atom. The molecule has 1 fully saturated rings. The first-order chi connectivity index (χ1) is 9.40. The number of nitrogens with zero attached hydrogens (tertiary/aromatic N) is 2. The number of rotatable bonds is 4. The molecule has 1 atom stereocenters. The SMILES string of the molecule is CN(C)c1ccc(C2CC(=O)N(CC(=O)O)C2=O)cc1. The van der Waals surface area contributed by atoms with E-state index < -0.39 is 30.2 Å². The smallest absolute Gasteiger partial charge is 0.323 e. The van der Waals surface area contributed by atoms with Crippen LogP contribution in [0.15, 0.2) is 24.3 Å². The zero-order valence-corrected chi connectivity index (χ0v) is 11.4. The number of carbonyl (C=O) groups excluding carboxylic acids is 2. The molecule has 1 aromatic carbocycles. The number of hydrogen-bond donors (Lipinski definition) is 1. The lowest BCUT2D eigenvalue weighted by Gasteiger charge is -2.15. The summed E-state index contributed by atoms with van der Waals surface area (Å²) in [6.45, 7) is -0.566. The van der Waals surface area contributed by atoms with Crippen LogP contribution in [0.2, 0.25) is 0 Å². The highest BCUT2D eigenvalue weighted by Gasteiger charge is 2.40. The van der Waals surface area contributed by atoms with Crippen LogP contribution in [0.5, 0.6) is 0 Å². The van der Waals surface area contributed by atoms with Crippen LogP contribution in [0.4, 0.5) is 5.69 Å². The predicted molar refractivity (Wildman–Crippen MR) is 72.5 cm³/mol. The second-order valence-electron chi connectivity index (χ2n) is 4.95. The molecule has 0 aromatic heterocycles. The summed E-state index contributed by atoms with van der Waals surface area (Å²) in [6.07, 6.45) is 0.0351. The van der Waals surface area contributed by atoms with Gasteiger partial charge in [0.25, 0.3) is 0 Å². The molecule has 0 radical (unpaired) electrons. The van der Waals surface area contributed by atoms with Crippen molar-refractivity contribution in [3.05, 3.63) is 29.8 Å². The maximum Gasteiger partial charge on any atom is 0.323 e. The number of imide groups is 1. The molecule has 0 spiro atoms. The molecular weight excluding hydrogens is 260 g/mol. The van der Waals surface area contributed by atoms with Gasteiger partial charge >= 0.3 is 5.97 Å². The lowest BCUT2D eigenvalue weighted by Crippen LogP contribution is -2.35. The molecule has 6 heteroatoms. The fourth-order valence-corrected chi connectivity index (χ4v) is 2.25. The summed E-state index contributed by atoms with van der Waals surface area (Å²) in [5.41, 5.74) is 1.73. The van der Waals surface area contributed by atoms with Gasteiger partial charge in [0.05, 0.1) is 5.92 Å². The second-order valence-corrected chi connectivity index (χ2v) is 4.95. The second kappa shape index (κ2) is 5.32. The zero-order valence-electron chi connectivity index (χ0n) is 11.4. The Kier molecular flexibility index (Phi) is 3.74. The van der Waals surface area contributed by atoms with Crippen molar-refractivity contribution in [1.82, 2.24) is 4.90 Å². The van der Waals surface area contributed by atoms with E-state index in [4.69, 9.17) is 5.11 Å². The number of aliphatic carboxylic acids is 1. The van der Waals surface area contributed by atoms with Crippen molar-refractivity contribution in [2.24, 2.45) is 0 Å². The van der Waals surface area contributed by atoms with Gasteiger partial charge < -0.3 is 10.0 Å². The van der Waals surface area contributed by atoms with Gasteiger partial charge in [0.15, 0.2) is 0 Å². The van der Waals surface area contributed by atoms with E-state index in [1.807, 2.05) is 31.1 Å². The summed E-state index contributed by atoms with van der Waals surface area (Å²) >= 11 is 0. The Labute approximate surface area is 116 Å². The van der Waals surface area contributed by atoms with E-state index in [1.165, 1.54) is 0 Å². The third-order valence-corrected chi connectivity index (χ3v) is 3.35. The summed E-state index contributed by atoms with van der Waals surface area (Å²) in [5, 5.41) is 8.71. The molecule has 2 rings (SSSR count). The number of anilines is 1. The predicted octanol–water partition coefficient (Wildman–Crippen LogP) is 0.680. The topological polar surface area (TPSA) is 77.9 Å². The van der Waals surface area contributed by atoms with Crippen molar-refractivity contribution in [2.75, 3.05) is 25.5 Å². The minimum atomic E-state index is -1.18. The van der Waals surface area contributed by atoms with Gasteiger partial charge in [-0.15, -0.1) is 0 Å². The van der Waals surface area contributed by atoms with Crippen molar-refractivity contribution >= 4 is 23.5 Å². The van der Waals surface area contributed by atoms with Crippen LogP contribution in [0.1, 0.15) is 17.9 Å². The van der Waals surface area contributed by atoms with Crippen LogP contribution in [0.25, 0.3) is 0 Å². The Morgan fingerprint density at radius 3 is 2.40 bits per heavy atom. The highest BCUT2D eigenvalue weighted by atomic mass is 16.4. The van der Waals surface area contributed by atoms with Crippen LogP contribution in [0, 0.1) is 0 Å².